The Hall–Kier alpha value is -2.12. The molecule has 6 nitrogen and oxygen atoms in total. The molecule has 1 aromatic heterocycles. The van der Waals surface area contributed by atoms with Crippen LogP contribution in [0.5, 0.6) is 0 Å². The summed E-state index contributed by atoms with van der Waals surface area (Å²) in [4.78, 5) is 10.7. The first-order valence-electron chi connectivity index (χ1n) is 6.59. The topological polar surface area (TPSA) is 87.8 Å². The second-order valence-electron chi connectivity index (χ2n) is 5.07. The highest BCUT2D eigenvalue weighted by molar-refractivity contribution is 7.88. The summed E-state index contributed by atoms with van der Waals surface area (Å²) >= 11 is 0. The summed E-state index contributed by atoms with van der Waals surface area (Å²) in [7, 11) is -2.07. The molecule has 7 heteroatoms. The number of furan rings is 1. The third-order valence-electron chi connectivity index (χ3n) is 3.20. The minimum absolute atomic E-state index is 0.0124. The molecule has 0 radical (unpaired) electrons. The van der Waals surface area contributed by atoms with E-state index in [2.05, 4.69) is 0 Å². The molecule has 0 bridgehead atoms. The Morgan fingerprint density at radius 2 is 1.82 bits per heavy atom. The van der Waals surface area contributed by atoms with E-state index in [1.807, 2.05) is 19.1 Å². The van der Waals surface area contributed by atoms with Crippen LogP contribution in [0.2, 0.25) is 0 Å². The normalized spacial score (nSPS) is 11.8. The van der Waals surface area contributed by atoms with Gasteiger partial charge in [-0.15, -0.1) is 0 Å². The van der Waals surface area contributed by atoms with Crippen molar-refractivity contribution in [3.8, 4) is 0 Å². The van der Waals surface area contributed by atoms with E-state index >= 15 is 0 Å². The first-order valence-corrected chi connectivity index (χ1v) is 8.20. The van der Waals surface area contributed by atoms with Crippen molar-refractivity contribution in [2.75, 3.05) is 7.05 Å². The summed E-state index contributed by atoms with van der Waals surface area (Å²) in [5.74, 6) is -1.22. The van der Waals surface area contributed by atoms with Gasteiger partial charge in [0.15, 0.2) is 0 Å². The third-order valence-corrected chi connectivity index (χ3v) is 4.97. The highest BCUT2D eigenvalue weighted by Gasteiger charge is 2.20. The molecule has 0 unspecified atom stereocenters. The molecule has 22 heavy (non-hydrogen) atoms. The van der Waals surface area contributed by atoms with Gasteiger partial charge in [-0.3, -0.25) is 0 Å². The molecule has 0 atom stereocenters. The second kappa shape index (κ2) is 6.33. The van der Waals surface area contributed by atoms with Crippen LogP contribution in [0.25, 0.3) is 0 Å². The van der Waals surface area contributed by atoms with Crippen LogP contribution in [0.4, 0.5) is 0 Å². The van der Waals surface area contributed by atoms with Crippen LogP contribution < -0.4 is 0 Å². The SMILES string of the molecule is Cc1ccc(CS(=O)(=O)N(C)Cc2ccc(C(=O)O)o2)cc1. The molecule has 0 fully saturated rings. The van der Waals surface area contributed by atoms with Crippen LogP contribution in [-0.2, 0) is 22.3 Å². The van der Waals surface area contributed by atoms with Crippen LogP contribution >= 0.6 is 0 Å². The van der Waals surface area contributed by atoms with E-state index in [1.165, 1.54) is 19.2 Å². The molecular weight excluding hydrogens is 306 g/mol. The van der Waals surface area contributed by atoms with Crippen molar-refractivity contribution in [1.82, 2.24) is 4.31 Å². The Morgan fingerprint density at radius 3 is 2.36 bits per heavy atom. The minimum Gasteiger partial charge on any atom is -0.475 e. The van der Waals surface area contributed by atoms with E-state index in [0.29, 0.717) is 5.56 Å². The van der Waals surface area contributed by atoms with Gasteiger partial charge in [0.2, 0.25) is 15.8 Å². The van der Waals surface area contributed by atoms with E-state index < -0.39 is 16.0 Å². The van der Waals surface area contributed by atoms with E-state index in [9.17, 15) is 13.2 Å². The summed E-state index contributed by atoms with van der Waals surface area (Å²) in [5, 5.41) is 8.78. The summed E-state index contributed by atoms with van der Waals surface area (Å²) < 4.78 is 30.8. The summed E-state index contributed by atoms with van der Waals surface area (Å²) in [5.41, 5.74) is 1.76. The summed E-state index contributed by atoms with van der Waals surface area (Å²) in [6.45, 7) is 1.92. The molecule has 0 saturated carbocycles. The molecule has 0 saturated heterocycles. The Bertz CT molecular complexity index is 761. The maximum Gasteiger partial charge on any atom is 0.371 e. The van der Waals surface area contributed by atoms with Crippen molar-refractivity contribution in [1.29, 1.82) is 0 Å². The predicted molar refractivity (Wildman–Crippen MR) is 80.9 cm³/mol. The van der Waals surface area contributed by atoms with Crippen molar-refractivity contribution in [3.05, 3.63) is 59.0 Å². The van der Waals surface area contributed by atoms with Crippen LogP contribution in [0.3, 0.4) is 0 Å². The van der Waals surface area contributed by atoms with E-state index in [1.54, 1.807) is 12.1 Å². The van der Waals surface area contributed by atoms with E-state index in [4.69, 9.17) is 9.52 Å². The first kappa shape index (κ1) is 16.3. The quantitative estimate of drug-likeness (QED) is 0.881. The van der Waals surface area contributed by atoms with Crippen LogP contribution in [0.1, 0.15) is 27.4 Å². The number of aryl methyl sites for hydroxylation is 1. The smallest absolute Gasteiger partial charge is 0.371 e. The molecule has 1 aromatic carbocycles. The minimum atomic E-state index is -3.51. The lowest BCUT2D eigenvalue weighted by Crippen LogP contribution is -2.27. The zero-order chi connectivity index (χ0) is 16.3. The van der Waals surface area contributed by atoms with Crippen molar-refractivity contribution < 1.29 is 22.7 Å². The predicted octanol–water partition coefficient (Wildman–Crippen LogP) is 2.25. The van der Waals surface area contributed by atoms with Crippen LogP contribution in [0.15, 0.2) is 40.8 Å². The summed E-state index contributed by atoms with van der Waals surface area (Å²) in [6, 6.07) is 10.0. The fraction of sp³-hybridized carbons (Fsp3) is 0.267. The largest absolute Gasteiger partial charge is 0.475 e. The van der Waals surface area contributed by atoms with Crippen molar-refractivity contribution >= 4 is 16.0 Å². The number of sulfonamides is 1. The molecular formula is C15H17NO5S. The van der Waals surface area contributed by atoms with Crippen molar-refractivity contribution in [2.45, 2.75) is 19.2 Å². The van der Waals surface area contributed by atoms with Gasteiger partial charge in [-0.2, -0.15) is 4.31 Å². The molecule has 0 aliphatic carbocycles. The lowest BCUT2D eigenvalue weighted by Gasteiger charge is -2.16. The zero-order valence-corrected chi connectivity index (χ0v) is 13.1. The van der Waals surface area contributed by atoms with Crippen molar-refractivity contribution in [2.24, 2.45) is 0 Å². The Balaban J connectivity index is 2.07. The van der Waals surface area contributed by atoms with Gasteiger partial charge in [0.1, 0.15) is 5.76 Å². The maximum absolute atomic E-state index is 12.3. The molecule has 1 heterocycles. The monoisotopic (exact) mass is 323 g/mol. The third kappa shape index (κ3) is 3.96. The fourth-order valence-corrected chi connectivity index (χ4v) is 3.06. The standard InChI is InChI=1S/C15H17NO5S/c1-11-3-5-12(6-4-11)10-22(19,20)16(2)9-13-7-8-14(21-13)15(17)18/h3-8H,9-10H2,1-2H3,(H,17,18). The number of carboxylic acids is 1. The van der Waals surface area contributed by atoms with Crippen LogP contribution in [0, 0.1) is 6.92 Å². The number of hydrogen-bond donors (Lipinski definition) is 1. The van der Waals surface area contributed by atoms with Gasteiger partial charge in [0.25, 0.3) is 0 Å². The number of aromatic carboxylic acids is 1. The van der Waals surface area contributed by atoms with Gasteiger partial charge >= 0.3 is 5.97 Å². The van der Waals surface area contributed by atoms with Crippen molar-refractivity contribution in [3.63, 3.8) is 0 Å². The highest BCUT2D eigenvalue weighted by atomic mass is 32.2. The van der Waals surface area contributed by atoms with Gasteiger partial charge in [0, 0.05) is 7.05 Å². The van der Waals surface area contributed by atoms with Gasteiger partial charge in [-0.25, -0.2) is 13.2 Å². The second-order valence-corrected chi connectivity index (χ2v) is 7.14. The van der Waals surface area contributed by atoms with Gasteiger partial charge in [-0.05, 0) is 24.6 Å². The molecule has 2 aromatic rings. The molecule has 118 valence electrons. The van der Waals surface area contributed by atoms with E-state index in [-0.39, 0.29) is 23.8 Å². The first-order chi connectivity index (χ1) is 10.3. The highest BCUT2D eigenvalue weighted by Crippen LogP contribution is 2.15. The molecule has 0 spiro atoms. The Labute approximate surface area is 129 Å². The average molecular weight is 323 g/mol. The Morgan fingerprint density at radius 1 is 1.18 bits per heavy atom. The fourth-order valence-electron chi connectivity index (χ4n) is 1.90. The number of carbonyl (C=O) groups is 1. The van der Waals surface area contributed by atoms with Gasteiger partial charge < -0.3 is 9.52 Å². The maximum atomic E-state index is 12.3. The molecule has 0 aliphatic heterocycles. The molecule has 1 N–H and O–H groups in total. The lowest BCUT2D eigenvalue weighted by molar-refractivity contribution is 0.0659. The number of carboxylic acid groups (broad SMARTS) is 1. The number of hydrogen-bond acceptors (Lipinski definition) is 4. The molecule has 0 aliphatic rings. The lowest BCUT2D eigenvalue weighted by atomic mass is 10.2. The summed E-state index contributed by atoms with van der Waals surface area (Å²) in [6.07, 6.45) is 0. The van der Waals surface area contributed by atoms with Gasteiger partial charge in [0.05, 0.1) is 12.3 Å². The average Bonchev–Trinajstić information content (AvgIpc) is 2.90. The molecule has 2 rings (SSSR count). The number of benzene rings is 1. The number of nitrogens with zero attached hydrogens (tertiary/aromatic N) is 1. The Kier molecular flexibility index (Phi) is 4.68. The van der Waals surface area contributed by atoms with Crippen LogP contribution in [-0.4, -0.2) is 30.8 Å². The zero-order valence-electron chi connectivity index (χ0n) is 12.3. The molecule has 0 amide bonds. The number of rotatable bonds is 6. The van der Waals surface area contributed by atoms with E-state index in [0.717, 1.165) is 9.87 Å². The van der Waals surface area contributed by atoms with Gasteiger partial charge in [-0.1, -0.05) is 29.8 Å².